The van der Waals surface area contributed by atoms with Gasteiger partial charge in [0.25, 0.3) is 0 Å². The second kappa shape index (κ2) is 8.04. The molecule has 1 N–H and O–H groups in total. The quantitative estimate of drug-likeness (QED) is 0.864. The van der Waals surface area contributed by atoms with E-state index in [1.807, 2.05) is 18.2 Å². The van der Waals surface area contributed by atoms with Crippen LogP contribution >= 0.6 is 0 Å². The number of piperidine rings is 1. The monoisotopic (exact) mass is 271 g/mol. The molecule has 1 heterocycles. The van der Waals surface area contributed by atoms with E-state index in [1.54, 1.807) is 0 Å². The SMILES string of the molecule is CCN(CC1CCCNC1)CC(C#N)c1ccccc1. The summed E-state index contributed by atoms with van der Waals surface area (Å²) in [6.45, 7) is 7.44. The van der Waals surface area contributed by atoms with E-state index in [-0.39, 0.29) is 5.92 Å². The smallest absolute Gasteiger partial charge is 0.0839 e. The van der Waals surface area contributed by atoms with E-state index in [0.29, 0.717) is 0 Å². The number of hydrogen-bond acceptors (Lipinski definition) is 3. The van der Waals surface area contributed by atoms with Crippen LogP contribution in [-0.2, 0) is 0 Å². The van der Waals surface area contributed by atoms with Crippen LogP contribution in [-0.4, -0.2) is 37.6 Å². The Bertz CT molecular complexity index is 418. The predicted octanol–water partition coefficient (Wildman–Crippen LogP) is 2.62. The van der Waals surface area contributed by atoms with Gasteiger partial charge in [0.15, 0.2) is 0 Å². The van der Waals surface area contributed by atoms with Crippen LogP contribution in [0.25, 0.3) is 0 Å². The zero-order valence-electron chi connectivity index (χ0n) is 12.4. The van der Waals surface area contributed by atoms with Gasteiger partial charge < -0.3 is 10.2 Å². The van der Waals surface area contributed by atoms with Crippen molar-refractivity contribution in [3.05, 3.63) is 35.9 Å². The lowest BCUT2D eigenvalue weighted by atomic mass is 9.96. The van der Waals surface area contributed by atoms with Gasteiger partial charge in [0.05, 0.1) is 12.0 Å². The van der Waals surface area contributed by atoms with Crippen molar-refractivity contribution in [1.29, 1.82) is 5.26 Å². The molecule has 3 nitrogen and oxygen atoms in total. The van der Waals surface area contributed by atoms with Crippen molar-refractivity contribution in [2.75, 3.05) is 32.7 Å². The van der Waals surface area contributed by atoms with Crippen LogP contribution in [0.1, 0.15) is 31.2 Å². The molecule has 108 valence electrons. The molecule has 2 rings (SSSR count). The lowest BCUT2D eigenvalue weighted by Gasteiger charge is -2.30. The number of nitriles is 1. The first-order chi connectivity index (χ1) is 9.83. The van der Waals surface area contributed by atoms with Crippen molar-refractivity contribution in [2.24, 2.45) is 5.92 Å². The van der Waals surface area contributed by atoms with Crippen LogP contribution in [0.2, 0.25) is 0 Å². The Morgan fingerprint density at radius 3 is 2.80 bits per heavy atom. The molecular weight excluding hydrogens is 246 g/mol. The van der Waals surface area contributed by atoms with Crippen molar-refractivity contribution < 1.29 is 0 Å². The minimum Gasteiger partial charge on any atom is -0.316 e. The molecule has 1 saturated heterocycles. The molecule has 0 saturated carbocycles. The Hall–Kier alpha value is -1.37. The number of benzene rings is 1. The second-order valence-electron chi connectivity index (χ2n) is 5.66. The Balaban J connectivity index is 1.92. The molecule has 1 aliphatic rings. The first-order valence-corrected chi connectivity index (χ1v) is 7.71. The molecule has 1 aromatic rings. The summed E-state index contributed by atoms with van der Waals surface area (Å²) in [6, 6.07) is 12.6. The van der Waals surface area contributed by atoms with Crippen LogP contribution in [0.4, 0.5) is 0 Å². The maximum atomic E-state index is 9.44. The minimum absolute atomic E-state index is 0.0206. The van der Waals surface area contributed by atoms with Crippen molar-refractivity contribution in [1.82, 2.24) is 10.2 Å². The van der Waals surface area contributed by atoms with Gasteiger partial charge in [-0.15, -0.1) is 0 Å². The molecule has 1 aromatic carbocycles. The third-order valence-corrected chi connectivity index (χ3v) is 4.16. The van der Waals surface area contributed by atoms with E-state index in [9.17, 15) is 5.26 Å². The molecule has 0 aromatic heterocycles. The van der Waals surface area contributed by atoms with Crippen LogP contribution in [0.15, 0.2) is 30.3 Å². The summed E-state index contributed by atoms with van der Waals surface area (Å²) in [6.07, 6.45) is 2.59. The van der Waals surface area contributed by atoms with Gasteiger partial charge in [0, 0.05) is 13.1 Å². The van der Waals surface area contributed by atoms with Crippen LogP contribution in [0.5, 0.6) is 0 Å². The van der Waals surface area contributed by atoms with Gasteiger partial charge in [-0.25, -0.2) is 0 Å². The van der Waals surface area contributed by atoms with Gasteiger partial charge in [0.2, 0.25) is 0 Å². The predicted molar refractivity (Wildman–Crippen MR) is 82.5 cm³/mol. The van der Waals surface area contributed by atoms with Crippen LogP contribution in [0, 0.1) is 17.2 Å². The molecule has 0 amide bonds. The van der Waals surface area contributed by atoms with Crippen LogP contribution < -0.4 is 5.32 Å². The van der Waals surface area contributed by atoms with E-state index >= 15 is 0 Å². The lowest BCUT2D eigenvalue weighted by Crippen LogP contribution is -2.39. The summed E-state index contributed by atoms with van der Waals surface area (Å²) in [4.78, 5) is 2.43. The van der Waals surface area contributed by atoms with Gasteiger partial charge in [-0.3, -0.25) is 0 Å². The molecule has 0 spiro atoms. The number of nitrogens with zero attached hydrogens (tertiary/aromatic N) is 2. The molecule has 0 bridgehead atoms. The van der Waals surface area contributed by atoms with Crippen molar-refractivity contribution in [3.63, 3.8) is 0 Å². The molecule has 1 fully saturated rings. The fourth-order valence-corrected chi connectivity index (χ4v) is 2.94. The number of rotatable bonds is 6. The highest BCUT2D eigenvalue weighted by molar-refractivity contribution is 5.25. The zero-order valence-corrected chi connectivity index (χ0v) is 12.4. The maximum absolute atomic E-state index is 9.44. The largest absolute Gasteiger partial charge is 0.316 e. The Morgan fingerprint density at radius 1 is 1.40 bits per heavy atom. The van der Waals surface area contributed by atoms with Crippen LogP contribution in [0.3, 0.4) is 0 Å². The van der Waals surface area contributed by atoms with Crippen molar-refractivity contribution in [3.8, 4) is 6.07 Å². The Morgan fingerprint density at radius 2 is 2.20 bits per heavy atom. The van der Waals surface area contributed by atoms with Gasteiger partial charge in [-0.2, -0.15) is 5.26 Å². The summed E-state index contributed by atoms with van der Waals surface area (Å²) in [5, 5.41) is 12.9. The molecule has 0 aliphatic carbocycles. The molecule has 3 heteroatoms. The highest BCUT2D eigenvalue weighted by Gasteiger charge is 2.19. The highest BCUT2D eigenvalue weighted by atomic mass is 15.1. The van der Waals surface area contributed by atoms with Gasteiger partial charge in [0.1, 0.15) is 0 Å². The first kappa shape index (κ1) is 15.0. The molecule has 1 aliphatic heterocycles. The van der Waals surface area contributed by atoms with E-state index in [4.69, 9.17) is 0 Å². The average Bonchev–Trinajstić information content (AvgIpc) is 2.53. The Kier molecular flexibility index (Phi) is 6.04. The molecular formula is C17H25N3. The van der Waals surface area contributed by atoms with Gasteiger partial charge >= 0.3 is 0 Å². The summed E-state index contributed by atoms with van der Waals surface area (Å²) < 4.78 is 0. The highest BCUT2D eigenvalue weighted by Crippen LogP contribution is 2.18. The number of likely N-dealkylation sites (N-methyl/N-ethyl adjacent to an activating group) is 1. The maximum Gasteiger partial charge on any atom is 0.0839 e. The Labute approximate surface area is 122 Å². The molecule has 20 heavy (non-hydrogen) atoms. The fourth-order valence-electron chi connectivity index (χ4n) is 2.94. The summed E-state index contributed by atoms with van der Waals surface area (Å²) in [5.74, 6) is 0.714. The summed E-state index contributed by atoms with van der Waals surface area (Å²) in [5.41, 5.74) is 1.13. The van der Waals surface area contributed by atoms with E-state index in [0.717, 1.165) is 44.2 Å². The first-order valence-electron chi connectivity index (χ1n) is 7.71. The third kappa shape index (κ3) is 4.33. The lowest BCUT2D eigenvalue weighted by molar-refractivity contribution is 0.213. The minimum atomic E-state index is -0.0206. The zero-order chi connectivity index (χ0) is 14.2. The normalized spacial score (nSPS) is 20.6. The number of hydrogen-bond donors (Lipinski definition) is 1. The molecule has 2 unspecified atom stereocenters. The average molecular weight is 271 g/mol. The second-order valence-corrected chi connectivity index (χ2v) is 5.66. The molecule has 0 radical (unpaired) electrons. The van der Waals surface area contributed by atoms with E-state index in [1.165, 1.54) is 12.8 Å². The summed E-state index contributed by atoms with van der Waals surface area (Å²) in [7, 11) is 0. The van der Waals surface area contributed by atoms with Gasteiger partial charge in [-0.05, 0) is 44.0 Å². The van der Waals surface area contributed by atoms with Gasteiger partial charge in [-0.1, -0.05) is 37.3 Å². The van der Waals surface area contributed by atoms with Crippen molar-refractivity contribution >= 4 is 0 Å². The summed E-state index contributed by atoms with van der Waals surface area (Å²) >= 11 is 0. The van der Waals surface area contributed by atoms with E-state index < -0.39 is 0 Å². The molecule has 2 atom stereocenters. The third-order valence-electron chi connectivity index (χ3n) is 4.16. The van der Waals surface area contributed by atoms with E-state index in [2.05, 4.69) is 35.3 Å². The topological polar surface area (TPSA) is 39.1 Å². The standard InChI is InChI=1S/C17H25N3/c1-2-20(13-15-7-6-10-19-12-15)14-17(11-18)16-8-4-3-5-9-16/h3-5,8-9,15,17,19H,2,6-7,10,12-14H2,1H3. The van der Waals surface area contributed by atoms with Crippen molar-refractivity contribution in [2.45, 2.75) is 25.7 Å². The fraction of sp³-hybridized carbons (Fsp3) is 0.588. The number of nitrogens with one attached hydrogen (secondary N) is 1.